The summed E-state index contributed by atoms with van der Waals surface area (Å²) in [6.07, 6.45) is 1.25. The molecular weight excluding hydrogens is 336 g/mol. The van der Waals surface area contributed by atoms with E-state index in [0.29, 0.717) is 30.5 Å². The Balaban J connectivity index is 1.65. The van der Waals surface area contributed by atoms with E-state index in [1.165, 1.54) is 0 Å². The van der Waals surface area contributed by atoms with Crippen molar-refractivity contribution in [1.82, 2.24) is 14.9 Å². The van der Waals surface area contributed by atoms with Crippen LogP contribution in [0.2, 0.25) is 5.15 Å². The Morgan fingerprint density at radius 2 is 1.80 bits per heavy atom. The van der Waals surface area contributed by atoms with Gasteiger partial charge in [0.1, 0.15) is 16.8 Å². The molecule has 0 spiro atoms. The minimum Gasteiger partial charge on any atom is -0.353 e. The molecule has 0 aliphatic carbocycles. The summed E-state index contributed by atoms with van der Waals surface area (Å²) in [6.45, 7) is 6.85. The van der Waals surface area contributed by atoms with Crippen LogP contribution in [0.3, 0.4) is 0 Å². The van der Waals surface area contributed by atoms with E-state index in [-0.39, 0.29) is 5.91 Å². The van der Waals surface area contributed by atoms with Gasteiger partial charge in [-0.25, -0.2) is 9.97 Å². The molecule has 25 heavy (non-hydrogen) atoms. The molecule has 0 saturated carbocycles. The normalized spacial score (nSPS) is 14.7. The van der Waals surface area contributed by atoms with Crippen LogP contribution >= 0.6 is 11.6 Å². The third kappa shape index (κ3) is 4.10. The third-order valence-corrected chi connectivity index (χ3v) is 4.84. The maximum atomic E-state index is 12.5. The maximum absolute atomic E-state index is 12.5. The lowest BCUT2D eigenvalue weighted by Gasteiger charge is -2.36. The zero-order chi connectivity index (χ0) is 17.8. The van der Waals surface area contributed by atoms with Crippen molar-refractivity contribution < 1.29 is 4.79 Å². The van der Waals surface area contributed by atoms with E-state index in [1.54, 1.807) is 0 Å². The highest BCUT2D eigenvalue weighted by molar-refractivity contribution is 6.30. The molecule has 5 nitrogen and oxygen atoms in total. The summed E-state index contributed by atoms with van der Waals surface area (Å²) < 4.78 is 0. The van der Waals surface area contributed by atoms with E-state index in [4.69, 9.17) is 11.6 Å². The van der Waals surface area contributed by atoms with E-state index in [2.05, 4.69) is 21.8 Å². The van der Waals surface area contributed by atoms with Gasteiger partial charge in [-0.3, -0.25) is 4.79 Å². The highest BCUT2D eigenvalue weighted by Gasteiger charge is 2.24. The van der Waals surface area contributed by atoms with Crippen molar-refractivity contribution in [3.8, 4) is 0 Å². The Morgan fingerprint density at radius 1 is 1.12 bits per heavy atom. The van der Waals surface area contributed by atoms with Crippen molar-refractivity contribution in [3.05, 3.63) is 52.4 Å². The topological polar surface area (TPSA) is 49.3 Å². The molecule has 2 heterocycles. The summed E-state index contributed by atoms with van der Waals surface area (Å²) in [4.78, 5) is 25.5. The Kier molecular flexibility index (Phi) is 5.53. The number of benzene rings is 1. The first kappa shape index (κ1) is 17.7. The Labute approximate surface area is 153 Å². The van der Waals surface area contributed by atoms with Crippen molar-refractivity contribution in [2.45, 2.75) is 26.7 Å². The zero-order valence-corrected chi connectivity index (χ0v) is 15.5. The molecule has 2 aromatic rings. The largest absolute Gasteiger partial charge is 0.353 e. The summed E-state index contributed by atoms with van der Waals surface area (Å²) >= 11 is 6.28. The van der Waals surface area contributed by atoms with Crippen molar-refractivity contribution in [3.63, 3.8) is 0 Å². The molecule has 1 aliphatic heterocycles. The molecule has 0 atom stereocenters. The first-order valence-corrected chi connectivity index (χ1v) is 9.06. The van der Waals surface area contributed by atoms with Crippen molar-refractivity contribution in [1.29, 1.82) is 0 Å². The van der Waals surface area contributed by atoms with Gasteiger partial charge in [-0.05, 0) is 18.9 Å². The van der Waals surface area contributed by atoms with Gasteiger partial charge in [0.05, 0.1) is 6.42 Å². The van der Waals surface area contributed by atoms with Gasteiger partial charge in [-0.1, -0.05) is 48.9 Å². The molecule has 0 N–H and O–H groups in total. The number of anilines is 1. The summed E-state index contributed by atoms with van der Waals surface area (Å²) in [5.41, 5.74) is 2.04. The highest BCUT2D eigenvalue weighted by Crippen LogP contribution is 2.26. The van der Waals surface area contributed by atoms with Crippen LogP contribution < -0.4 is 4.90 Å². The predicted molar refractivity (Wildman–Crippen MR) is 100 cm³/mol. The molecule has 1 aromatic carbocycles. The molecule has 0 unspecified atom stereocenters. The van der Waals surface area contributed by atoms with Gasteiger partial charge in [0.15, 0.2) is 0 Å². The van der Waals surface area contributed by atoms with Gasteiger partial charge in [-0.15, -0.1) is 0 Å². The lowest BCUT2D eigenvalue weighted by atomic mass is 10.1. The van der Waals surface area contributed by atoms with E-state index < -0.39 is 0 Å². The molecule has 0 radical (unpaired) electrons. The van der Waals surface area contributed by atoms with Gasteiger partial charge >= 0.3 is 0 Å². The van der Waals surface area contributed by atoms with Crippen LogP contribution in [-0.2, 0) is 17.6 Å². The number of hydrogen-bond acceptors (Lipinski definition) is 4. The second kappa shape index (κ2) is 7.83. The average Bonchev–Trinajstić information content (AvgIpc) is 2.62. The SMILES string of the molecule is CCc1c(Cl)nc(C)nc1N1CCN(C(=O)Cc2ccccc2)CC1. The third-order valence-electron chi connectivity index (χ3n) is 4.53. The van der Waals surface area contributed by atoms with E-state index in [0.717, 1.165) is 36.5 Å². The van der Waals surface area contributed by atoms with Gasteiger partial charge in [0.25, 0.3) is 0 Å². The number of halogens is 1. The van der Waals surface area contributed by atoms with Gasteiger partial charge < -0.3 is 9.80 Å². The number of piperazine rings is 1. The molecule has 1 fully saturated rings. The van der Waals surface area contributed by atoms with Gasteiger partial charge in [0.2, 0.25) is 5.91 Å². The van der Waals surface area contributed by atoms with Crippen LogP contribution in [0.4, 0.5) is 5.82 Å². The molecule has 1 aromatic heterocycles. The standard InChI is InChI=1S/C19H23ClN4O/c1-3-16-18(20)21-14(2)22-19(16)24-11-9-23(10-12-24)17(25)13-15-7-5-4-6-8-15/h4-8H,3,9-13H2,1-2H3. The molecule has 1 aliphatic rings. The number of amides is 1. The maximum Gasteiger partial charge on any atom is 0.227 e. The van der Waals surface area contributed by atoms with Crippen LogP contribution in [0.25, 0.3) is 0 Å². The smallest absolute Gasteiger partial charge is 0.227 e. The van der Waals surface area contributed by atoms with Crippen LogP contribution in [0, 0.1) is 6.92 Å². The van der Waals surface area contributed by atoms with Crippen LogP contribution in [-0.4, -0.2) is 47.0 Å². The molecule has 6 heteroatoms. The second-order valence-corrected chi connectivity index (χ2v) is 6.61. The molecule has 132 valence electrons. The van der Waals surface area contributed by atoms with Gasteiger partial charge in [-0.2, -0.15) is 0 Å². The average molecular weight is 359 g/mol. The molecule has 3 rings (SSSR count). The van der Waals surface area contributed by atoms with E-state index in [1.807, 2.05) is 42.2 Å². The first-order valence-electron chi connectivity index (χ1n) is 8.68. The quantitative estimate of drug-likeness (QED) is 0.788. The van der Waals surface area contributed by atoms with Crippen molar-refractivity contribution in [2.75, 3.05) is 31.1 Å². The predicted octanol–water partition coefficient (Wildman–Crippen LogP) is 2.89. The first-order chi connectivity index (χ1) is 12.1. The van der Waals surface area contributed by atoms with E-state index in [9.17, 15) is 4.79 Å². The number of nitrogens with zero attached hydrogens (tertiary/aromatic N) is 4. The lowest BCUT2D eigenvalue weighted by molar-refractivity contribution is -0.130. The summed E-state index contributed by atoms with van der Waals surface area (Å²) in [7, 11) is 0. The monoisotopic (exact) mass is 358 g/mol. The number of aromatic nitrogens is 2. The summed E-state index contributed by atoms with van der Waals surface area (Å²) in [5.74, 6) is 1.77. The molecule has 1 amide bonds. The zero-order valence-electron chi connectivity index (χ0n) is 14.7. The number of hydrogen-bond donors (Lipinski definition) is 0. The Morgan fingerprint density at radius 3 is 2.44 bits per heavy atom. The molecule has 0 bridgehead atoms. The molecule has 1 saturated heterocycles. The number of rotatable bonds is 4. The van der Waals surface area contributed by atoms with E-state index >= 15 is 0 Å². The summed E-state index contributed by atoms with van der Waals surface area (Å²) in [5, 5.41) is 0.535. The van der Waals surface area contributed by atoms with Crippen LogP contribution in [0.15, 0.2) is 30.3 Å². The molecular formula is C19H23ClN4O. The number of aryl methyl sites for hydroxylation is 1. The minimum atomic E-state index is 0.179. The number of carbonyl (C=O) groups excluding carboxylic acids is 1. The highest BCUT2D eigenvalue weighted by atomic mass is 35.5. The fourth-order valence-electron chi connectivity index (χ4n) is 3.16. The summed E-state index contributed by atoms with van der Waals surface area (Å²) in [6, 6.07) is 9.88. The van der Waals surface area contributed by atoms with Crippen LogP contribution in [0.5, 0.6) is 0 Å². The fraction of sp³-hybridized carbons (Fsp3) is 0.421. The minimum absolute atomic E-state index is 0.179. The van der Waals surface area contributed by atoms with Gasteiger partial charge in [0, 0.05) is 31.7 Å². The Hall–Kier alpha value is -2.14. The lowest BCUT2D eigenvalue weighted by Crippen LogP contribution is -2.49. The number of carbonyl (C=O) groups is 1. The van der Waals surface area contributed by atoms with Crippen molar-refractivity contribution in [2.24, 2.45) is 0 Å². The second-order valence-electron chi connectivity index (χ2n) is 6.25. The van der Waals surface area contributed by atoms with Crippen molar-refractivity contribution >= 4 is 23.3 Å². The van der Waals surface area contributed by atoms with Crippen LogP contribution in [0.1, 0.15) is 23.9 Å². The fourth-order valence-corrected chi connectivity index (χ4v) is 3.50. The Bertz CT molecular complexity index is 743.